The van der Waals surface area contributed by atoms with Crippen LogP contribution in [0.25, 0.3) is 5.65 Å². The number of aromatic carboxylic acids is 1. The molecule has 0 bridgehead atoms. The Morgan fingerprint density at radius 3 is 2.87 bits per heavy atom. The van der Waals surface area contributed by atoms with E-state index in [4.69, 9.17) is 5.11 Å². The van der Waals surface area contributed by atoms with Gasteiger partial charge in [-0.1, -0.05) is 0 Å². The molecule has 0 aromatic carbocycles. The van der Waals surface area contributed by atoms with E-state index < -0.39 is 11.5 Å². The molecule has 0 fully saturated rings. The lowest BCUT2D eigenvalue weighted by molar-refractivity contribution is 0.0694. The summed E-state index contributed by atoms with van der Waals surface area (Å²) in [6.45, 7) is 0. The molecule has 2 aromatic heterocycles. The lowest BCUT2D eigenvalue weighted by atomic mass is 10.3. The normalized spacial score (nSPS) is 10.5. The van der Waals surface area contributed by atoms with Crippen molar-refractivity contribution in [2.45, 2.75) is 0 Å². The van der Waals surface area contributed by atoms with E-state index in [-0.39, 0.29) is 5.56 Å². The zero-order chi connectivity index (χ0) is 11.0. The number of fused-ring (bicyclic) bond motifs is 1. The van der Waals surface area contributed by atoms with E-state index in [9.17, 15) is 9.59 Å². The highest BCUT2D eigenvalue weighted by Gasteiger charge is 2.11. The van der Waals surface area contributed by atoms with Crippen molar-refractivity contribution in [3.05, 3.63) is 37.9 Å². The van der Waals surface area contributed by atoms with Gasteiger partial charge in [-0.05, 0) is 34.7 Å². The maximum absolute atomic E-state index is 11.6. The van der Waals surface area contributed by atoms with E-state index in [1.807, 2.05) is 22.6 Å². The molecule has 2 aromatic rings. The van der Waals surface area contributed by atoms with Crippen LogP contribution in [0.5, 0.6) is 0 Å². The third-order valence-electron chi connectivity index (χ3n) is 1.76. The third-order valence-corrected chi connectivity index (χ3v) is 2.34. The molecule has 0 aliphatic carbocycles. The zero-order valence-electron chi connectivity index (χ0n) is 7.22. The Morgan fingerprint density at radius 2 is 2.20 bits per heavy atom. The van der Waals surface area contributed by atoms with E-state index in [0.29, 0.717) is 9.35 Å². The second kappa shape index (κ2) is 3.57. The molecule has 0 aliphatic heterocycles. The average molecular weight is 317 g/mol. The van der Waals surface area contributed by atoms with E-state index in [1.54, 1.807) is 12.1 Å². The van der Waals surface area contributed by atoms with Gasteiger partial charge in [0.2, 0.25) is 0 Å². The molecule has 0 atom stereocenters. The lowest BCUT2D eigenvalue weighted by Gasteiger charge is -1.99. The van der Waals surface area contributed by atoms with Crippen LogP contribution in [0.4, 0.5) is 0 Å². The number of aromatic nitrogens is 3. The van der Waals surface area contributed by atoms with E-state index >= 15 is 0 Å². The number of hydrogen-bond donors (Lipinski definition) is 1. The number of nitrogens with zero attached hydrogens (tertiary/aromatic N) is 3. The number of carboxylic acids is 1. The summed E-state index contributed by atoms with van der Waals surface area (Å²) < 4.78 is 1.57. The third kappa shape index (κ3) is 1.69. The standard InChI is InChI=1S/C8H4IN3O3/c9-5-1-2-6-10-3-4(8(14)15)7(13)12(6)11-5/h1-3H,(H,14,15). The molecule has 0 spiro atoms. The highest BCUT2D eigenvalue weighted by Crippen LogP contribution is 2.01. The molecule has 7 heteroatoms. The summed E-state index contributed by atoms with van der Waals surface area (Å²) in [7, 11) is 0. The SMILES string of the molecule is O=C(O)c1cnc2ccc(I)nn2c1=O. The average Bonchev–Trinajstić information content (AvgIpc) is 2.19. The van der Waals surface area contributed by atoms with E-state index in [1.165, 1.54) is 0 Å². The Bertz CT molecular complexity index is 608. The van der Waals surface area contributed by atoms with Crippen molar-refractivity contribution in [2.75, 3.05) is 0 Å². The van der Waals surface area contributed by atoms with Gasteiger partial charge in [0.05, 0.1) is 0 Å². The first kappa shape index (κ1) is 10.0. The maximum Gasteiger partial charge on any atom is 0.343 e. The Labute approximate surface area is 96.7 Å². The van der Waals surface area contributed by atoms with Crippen molar-refractivity contribution in [1.29, 1.82) is 0 Å². The van der Waals surface area contributed by atoms with Crippen molar-refractivity contribution in [3.8, 4) is 0 Å². The zero-order valence-corrected chi connectivity index (χ0v) is 9.37. The molecule has 0 amide bonds. The molecular weight excluding hydrogens is 313 g/mol. The predicted molar refractivity (Wildman–Crippen MR) is 58.9 cm³/mol. The highest BCUT2D eigenvalue weighted by molar-refractivity contribution is 14.1. The minimum atomic E-state index is -1.30. The molecule has 1 N–H and O–H groups in total. The summed E-state index contributed by atoms with van der Waals surface area (Å²) in [6.07, 6.45) is 1.04. The van der Waals surface area contributed by atoms with Gasteiger partial charge in [0.15, 0.2) is 5.65 Å². The summed E-state index contributed by atoms with van der Waals surface area (Å²) in [5, 5.41) is 12.6. The van der Waals surface area contributed by atoms with Crippen LogP contribution in [0.2, 0.25) is 0 Å². The number of hydrogen-bond acceptors (Lipinski definition) is 4. The fourth-order valence-electron chi connectivity index (χ4n) is 1.09. The van der Waals surface area contributed by atoms with Crippen LogP contribution in [0.3, 0.4) is 0 Å². The Kier molecular flexibility index (Phi) is 2.39. The largest absolute Gasteiger partial charge is 0.477 e. The van der Waals surface area contributed by atoms with Crippen molar-refractivity contribution in [1.82, 2.24) is 14.6 Å². The molecule has 0 saturated carbocycles. The van der Waals surface area contributed by atoms with E-state index in [0.717, 1.165) is 10.7 Å². The monoisotopic (exact) mass is 317 g/mol. The van der Waals surface area contributed by atoms with Gasteiger partial charge < -0.3 is 5.11 Å². The number of rotatable bonds is 1. The van der Waals surface area contributed by atoms with Crippen molar-refractivity contribution < 1.29 is 9.90 Å². The van der Waals surface area contributed by atoms with Crippen molar-refractivity contribution in [3.63, 3.8) is 0 Å². The van der Waals surface area contributed by atoms with Gasteiger partial charge in [-0.25, -0.2) is 9.78 Å². The van der Waals surface area contributed by atoms with Crippen LogP contribution < -0.4 is 5.56 Å². The van der Waals surface area contributed by atoms with E-state index in [2.05, 4.69) is 10.1 Å². The van der Waals surface area contributed by atoms with Crippen LogP contribution in [0.15, 0.2) is 23.1 Å². The van der Waals surface area contributed by atoms with Gasteiger partial charge in [0.25, 0.3) is 5.56 Å². The summed E-state index contributed by atoms with van der Waals surface area (Å²) in [5.74, 6) is -1.30. The number of carbonyl (C=O) groups is 1. The first-order chi connectivity index (χ1) is 7.09. The van der Waals surface area contributed by atoms with Crippen LogP contribution in [-0.2, 0) is 0 Å². The summed E-state index contributed by atoms with van der Waals surface area (Å²) in [6, 6.07) is 3.28. The summed E-state index contributed by atoms with van der Waals surface area (Å²) in [4.78, 5) is 26.1. The fourth-order valence-corrected chi connectivity index (χ4v) is 1.48. The molecule has 2 heterocycles. The van der Waals surface area contributed by atoms with Gasteiger partial charge in [0, 0.05) is 6.20 Å². The summed E-state index contributed by atoms with van der Waals surface area (Å²) in [5.41, 5.74) is -0.738. The predicted octanol–water partition coefficient (Wildman–Crippen LogP) is 0.392. The smallest absolute Gasteiger partial charge is 0.343 e. The topological polar surface area (TPSA) is 84.6 Å². The Balaban J connectivity index is 2.89. The Hall–Kier alpha value is -1.51. The molecule has 0 saturated heterocycles. The van der Waals surface area contributed by atoms with Crippen LogP contribution in [0, 0.1) is 3.70 Å². The van der Waals surface area contributed by atoms with Gasteiger partial charge >= 0.3 is 5.97 Å². The fraction of sp³-hybridized carbons (Fsp3) is 0. The quantitative estimate of drug-likeness (QED) is 0.769. The molecular formula is C8H4IN3O3. The van der Waals surface area contributed by atoms with Gasteiger partial charge in [-0.2, -0.15) is 9.61 Å². The molecule has 2 rings (SSSR count). The number of halogens is 1. The molecule has 76 valence electrons. The van der Waals surface area contributed by atoms with Crippen molar-refractivity contribution in [2.24, 2.45) is 0 Å². The maximum atomic E-state index is 11.6. The van der Waals surface area contributed by atoms with Crippen LogP contribution >= 0.6 is 22.6 Å². The van der Waals surface area contributed by atoms with Crippen LogP contribution in [0.1, 0.15) is 10.4 Å². The first-order valence-electron chi connectivity index (χ1n) is 3.87. The Morgan fingerprint density at radius 1 is 1.47 bits per heavy atom. The van der Waals surface area contributed by atoms with Gasteiger partial charge in [0.1, 0.15) is 9.26 Å². The lowest BCUT2D eigenvalue weighted by Crippen LogP contribution is -2.24. The molecule has 15 heavy (non-hydrogen) atoms. The second-order valence-corrected chi connectivity index (χ2v) is 3.81. The van der Waals surface area contributed by atoms with Gasteiger partial charge in [-0.3, -0.25) is 4.79 Å². The summed E-state index contributed by atoms with van der Waals surface area (Å²) >= 11 is 1.93. The van der Waals surface area contributed by atoms with Gasteiger partial charge in [-0.15, -0.1) is 0 Å². The first-order valence-corrected chi connectivity index (χ1v) is 4.95. The minimum Gasteiger partial charge on any atom is -0.477 e. The minimum absolute atomic E-state index is 0.324. The number of carboxylic acid groups (broad SMARTS) is 1. The molecule has 0 radical (unpaired) electrons. The van der Waals surface area contributed by atoms with Crippen LogP contribution in [-0.4, -0.2) is 25.7 Å². The molecule has 0 unspecified atom stereocenters. The van der Waals surface area contributed by atoms with Crippen molar-refractivity contribution >= 4 is 34.2 Å². The highest BCUT2D eigenvalue weighted by atomic mass is 127. The molecule has 0 aliphatic rings. The second-order valence-electron chi connectivity index (χ2n) is 2.71. The molecule has 6 nitrogen and oxygen atoms in total.